The van der Waals surface area contributed by atoms with Gasteiger partial charge in [0, 0.05) is 25.6 Å². The molecular formula is C15H18N2O. The maximum Gasteiger partial charge on any atom is 0.317 e. The number of urea groups is 1. The molecule has 0 radical (unpaired) electrons. The molecule has 1 aliphatic rings. The van der Waals surface area contributed by atoms with Crippen molar-refractivity contribution in [3.05, 3.63) is 35.9 Å². The monoisotopic (exact) mass is 242 g/mol. The van der Waals surface area contributed by atoms with Gasteiger partial charge in [0.15, 0.2) is 0 Å². The molecule has 1 N–H and O–H groups in total. The molecule has 1 saturated heterocycles. The van der Waals surface area contributed by atoms with Crippen LogP contribution in [0.1, 0.15) is 18.4 Å². The van der Waals surface area contributed by atoms with E-state index >= 15 is 0 Å². The quantitative estimate of drug-likeness (QED) is 0.793. The van der Waals surface area contributed by atoms with Gasteiger partial charge in [-0.05, 0) is 18.4 Å². The van der Waals surface area contributed by atoms with Crippen molar-refractivity contribution in [3.63, 3.8) is 0 Å². The summed E-state index contributed by atoms with van der Waals surface area (Å²) in [5, 5.41) is 2.94. The summed E-state index contributed by atoms with van der Waals surface area (Å²) in [6.07, 6.45) is 7.21. The second kappa shape index (κ2) is 6.11. The summed E-state index contributed by atoms with van der Waals surface area (Å²) >= 11 is 0. The Balaban J connectivity index is 1.78. The zero-order valence-corrected chi connectivity index (χ0v) is 10.4. The molecule has 1 aromatic rings. The number of hydrogen-bond acceptors (Lipinski definition) is 1. The molecule has 0 aromatic heterocycles. The Labute approximate surface area is 108 Å². The maximum atomic E-state index is 11.9. The Morgan fingerprint density at radius 3 is 2.61 bits per heavy atom. The van der Waals surface area contributed by atoms with Crippen molar-refractivity contribution in [2.45, 2.75) is 19.4 Å². The van der Waals surface area contributed by atoms with Crippen molar-refractivity contribution in [2.75, 3.05) is 13.1 Å². The summed E-state index contributed by atoms with van der Waals surface area (Å²) in [6, 6.07) is 9.93. The summed E-state index contributed by atoms with van der Waals surface area (Å²) in [7, 11) is 0. The molecule has 1 heterocycles. The fourth-order valence-electron chi connectivity index (χ4n) is 2.13. The Hall–Kier alpha value is -1.95. The largest absolute Gasteiger partial charge is 0.334 e. The normalized spacial score (nSPS) is 16.1. The van der Waals surface area contributed by atoms with Crippen molar-refractivity contribution in [3.8, 4) is 12.3 Å². The van der Waals surface area contributed by atoms with Crippen LogP contribution in [0.15, 0.2) is 30.3 Å². The third-order valence-electron chi connectivity index (χ3n) is 3.30. The van der Waals surface area contributed by atoms with Crippen LogP contribution in [0.2, 0.25) is 0 Å². The van der Waals surface area contributed by atoms with E-state index in [2.05, 4.69) is 11.2 Å². The van der Waals surface area contributed by atoms with Crippen molar-refractivity contribution in [2.24, 2.45) is 5.92 Å². The molecule has 0 atom stereocenters. The van der Waals surface area contributed by atoms with Crippen LogP contribution in [0.25, 0.3) is 0 Å². The highest BCUT2D eigenvalue weighted by atomic mass is 16.2. The van der Waals surface area contributed by atoms with Crippen LogP contribution in [0.3, 0.4) is 0 Å². The molecular weight excluding hydrogens is 224 g/mol. The summed E-state index contributed by atoms with van der Waals surface area (Å²) in [4.78, 5) is 13.8. The number of carbonyl (C=O) groups is 1. The molecule has 18 heavy (non-hydrogen) atoms. The maximum absolute atomic E-state index is 11.9. The summed E-state index contributed by atoms with van der Waals surface area (Å²) in [6.45, 7) is 2.10. The molecule has 0 spiro atoms. The lowest BCUT2D eigenvalue weighted by Gasteiger charge is -2.29. The number of rotatable bonds is 2. The molecule has 0 saturated carbocycles. The lowest BCUT2D eigenvalue weighted by molar-refractivity contribution is 0.179. The number of terminal acetylenes is 1. The minimum absolute atomic E-state index is 0.00863. The molecule has 1 aromatic carbocycles. The van der Waals surface area contributed by atoms with E-state index in [-0.39, 0.29) is 6.03 Å². The predicted molar refractivity (Wildman–Crippen MR) is 71.8 cm³/mol. The molecule has 2 amide bonds. The highest BCUT2D eigenvalue weighted by Gasteiger charge is 2.20. The average molecular weight is 242 g/mol. The number of benzene rings is 1. The first-order valence-corrected chi connectivity index (χ1v) is 6.32. The minimum Gasteiger partial charge on any atom is -0.334 e. The van der Waals surface area contributed by atoms with Gasteiger partial charge in [-0.1, -0.05) is 30.3 Å². The van der Waals surface area contributed by atoms with Crippen LogP contribution in [0.4, 0.5) is 4.79 Å². The number of likely N-dealkylation sites (tertiary alicyclic amines) is 1. The van der Waals surface area contributed by atoms with Crippen LogP contribution in [0.5, 0.6) is 0 Å². The molecule has 94 valence electrons. The van der Waals surface area contributed by atoms with Gasteiger partial charge >= 0.3 is 6.03 Å². The zero-order valence-electron chi connectivity index (χ0n) is 10.4. The minimum atomic E-state index is 0.00863. The van der Waals surface area contributed by atoms with E-state index in [0.717, 1.165) is 31.5 Å². The van der Waals surface area contributed by atoms with Crippen LogP contribution in [-0.2, 0) is 6.54 Å². The van der Waals surface area contributed by atoms with Gasteiger partial charge in [-0.3, -0.25) is 0 Å². The number of carbonyl (C=O) groups excluding carboxylic acids is 1. The SMILES string of the molecule is C#CC1CCN(C(=O)NCc2ccccc2)CC1. The second-order valence-corrected chi connectivity index (χ2v) is 4.57. The lowest BCUT2D eigenvalue weighted by atomic mass is 9.98. The second-order valence-electron chi connectivity index (χ2n) is 4.57. The van der Waals surface area contributed by atoms with E-state index in [4.69, 9.17) is 6.42 Å². The van der Waals surface area contributed by atoms with Gasteiger partial charge in [0.05, 0.1) is 0 Å². The number of nitrogens with zero attached hydrogens (tertiary/aromatic N) is 1. The summed E-state index contributed by atoms with van der Waals surface area (Å²) in [5.74, 6) is 3.10. The number of hydrogen-bond donors (Lipinski definition) is 1. The third-order valence-corrected chi connectivity index (χ3v) is 3.30. The Bertz CT molecular complexity index is 428. The fraction of sp³-hybridized carbons (Fsp3) is 0.400. The first-order chi connectivity index (χ1) is 8.79. The first-order valence-electron chi connectivity index (χ1n) is 6.32. The topological polar surface area (TPSA) is 32.3 Å². The Morgan fingerprint density at radius 1 is 1.33 bits per heavy atom. The van der Waals surface area contributed by atoms with E-state index in [9.17, 15) is 4.79 Å². The third kappa shape index (κ3) is 3.27. The zero-order chi connectivity index (χ0) is 12.8. The van der Waals surface area contributed by atoms with Gasteiger partial charge in [-0.2, -0.15) is 0 Å². The van der Waals surface area contributed by atoms with E-state index in [1.807, 2.05) is 35.2 Å². The molecule has 0 unspecified atom stereocenters. The van der Waals surface area contributed by atoms with E-state index < -0.39 is 0 Å². The van der Waals surface area contributed by atoms with Gasteiger partial charge in [-0.15, -0.1) is 12.3 Å². The van der Waals surface area contributed by atoms with Gasteiger partial charge in [0.25, 0.3) is 0 Å². The molecule has 0 aliphatic carbocycles. The van der Waals surface area contributed by atoms with Crippen molar-refractivity contribution >= 4 is 6.03 Å². The van der Waals surface area contributed by atoms with Crippen LogP contribution in [-0.4, -0.2) is 24.0 Å². The number of piperidine rings is 1. The summed E-state index contributed by atoms with van der Waals surface area (Å²) in [5.41, 5.74) is 1.12. The van der Waals surface area contributed by atoms with E-state index in [1.54, 1.807) is 0 Å². The van der Waals surface area contributed by atoms with Crippen LogP contribution >= 0.6 is 0 Å². The molecule has 1 aliphatic heterocycles. The van der Waals surface area contributed by atoms with Gasteiger partial charge in [0.1, 0.15) is 0 Å². The Morgan fingerprint density at radius 2 is 2.00 bits per heavy atom. The fourth-order valence-corrected chi connectivity index (χ4v) is 2.13. The molecule has 0 bridgehead atoms. The van der Waals surface area contributed by atoms with Crippen molar-refractivity contribution < 1.29 is 4.79 Å². The lowest BCUT2D eigenvalue weighted by Crippen LogP contribution is -2.44. The molecule has 1 fully saturated rings. The van der Waals surface area contributed by atoms with Crippen molar-refractivity contribution in [1.29, 1.82) is 0 Å². The van der Waals surface area contributed by atoms with E-state index in [1.165, 1.54) is 0 Å². The van der Waals surface area contributed by atoms with Gasteiger partial charge < -0.3 is 10.2 Å². The Kier molecular flexibility index (Phi) is 4.25. The molecule has 2 rings (SSSR count). The van der Waals surface area contributed by atoms with Crippen molar-refractivity contribution in [1.82, 2.24) is 10.2 Å². The van der Waals surface area contributed by atoms with Gasteiger partial charge in [0.2, 0.25) is 0 Å². The summed E-state index contributed by atoms with van der Waals surface area (Å²) < 4.78 is 0. The smallest absolute Gasteiger partial charge is 0.317 e. The highest BCUT2D eigenvalue weighted by molar-refractivity contribution is 5.74. The standard InChI is InChI=1S/C15H18N2O/c1-2-13-8-10-17(11-9-13)15(18)16-12-14-6-4-3-5-7-14/h1,3-7,13H,8-12H2,(H,16,18). The number of amides is 2. The van der Waals surface area contributed by atoms with Crippen LogP contribution < -0.4 is 5.32 Å². The van der Waals surface area contributed by atoms with E-state index in [0.29, 0.717) is 12.5 Å². The highest BCUT2D eigenvalue weighted by Crippen LogP contribution is 2.15. The molecule has 3 nitrogen and oxygen atoms in total. The average Bonchev–Trinajstić information content (AvgIpc) is 2.46. The first kappa shape index (κ1) is 12.5. The van der Waals surface area contributed by atoms with Crippen LogP contribution in [0, 0.1) is 18.3 Å². The van der Waals surface area contributed by atoms with Gasteiger partial charge in [-0.25, -0.2) is 4.79 Å². The predicted octanol–water partition coefficient (Wildman–Crippen LogP) is 2.24. The molecule has 3 heteroatoms. The number of nitrogens with one attached hydrogen (secondary N) is 1.